The van der Waals surface area contributed by atoms with Crippen molar-refractivity contribution in [3.63, 3.8) is 0 Å². The van der Waals surface area contributed by atoms with Crippen molar-refractivity contribution in [1.29, 1.82) is 0 Å². The molecule has 0 heterocycles. The maximum absolute atomic E-state index is 2.42. The number of hydrogen-bond donors (Lipinski definition) is 0. The summed E-state index contributed by atoms with van der Waals surface area (Å²) in [6.45, 7) is 0. The van der Waals surface area contributed by atoms with Crippen molar-refractivity contribution >= 4 is 21.6 Å². The molecule has 1 saturated carbocycles. The van der Waals surface area contributed by atoms with E-state index in [0.717, 1.165) is 5.25 Å². The van der Waals surface area contributed by atoms with E-state index < -0.39 is 0 Å². The normalized spacial score (nSPS) is 24.8. The Bertz CT molecular complexity index is 169. The average Bonchev–Trinajstić information content (AvgIpc) is 2.74. The van der Waals surface area contributed by atoms with Gasteiger partial charge >= 0.3 is 0 Å². The van der Waals surface area contributed by atoms with Crippen LogP contribution in [0.15, 0.2) is 11.0 Å². The fraction of sp³-hybridized carbons (Fsp3) is 0.800. The second kappa shape index (κ2) is 4.61. The zero-order valence-electron chi connectivity index (χ0n) is 7.42. The summed E-state index contributed by atoms with van der Waals surface area (Å²) in [6.07, 6.45) is 12.4. The molecule has 0 saturated heterocycles. The first-order chi connectivity index (χ1) is 5.95. The summed E-state index contributed by atoms with van der Waals surface area (Å²) < 4.78 is 0. The smallest absolute Gasteiger partial charge is 0.0154 e. The highest BCUT2D eigenvalue weighted by atomic mass is 33.1. The van der Waals surface area contributed by atoms with Crippen LogP contribution in [0.2, 0.25) is 0 Å². The molecule has 0 nitrogen and oxygen atoms in total. The van der Waals surface area contributed by atoms with Gasteiger partial charge in [-0.2, -0.15) is 0 Å². The van der Waals surface area contributed by atoms with Crippen LogP contribution in [0.4, 0.5) is 0 Å². The molecule has 0 aromatic carbocycles. The van der Waals surface area contributed by atoms with Gasteiger partial charge in [0.2, 0.25) is 0 Å². The van der Waals surface area contributed by atoms with Crippen LogP contribution in [-0.2, 0) is 0 Å². The Morgan fingerprint density at radius 3 is 2.67 bits per heavy atom. The van der Waals surface area contributed by atoms with Crippen molar-refractivity contribution in [2.24, 2.45) is 0 Å². The molecule has 0 bridgehead atoms. The predicted octanol–water partition coefficient (Wildman–Crippen LogP) is 4.38. The third-order valence-corrected chi connectivity index (χ3v) is 5.76. The van der Waals surface area contributed by atoms with Gasteiger partial charge in [-0.3, -0.25) is 0 Å². The summed E-state index contributed by atoms with van der Waals surface area (Å²) in [7, 11) is 4.19. The van der Waals surface area contributed by atoms with Gasteiger partial charge in [-0.25, -0.2) is 0 Å². The molecule has 0 aromatic rings. The topological polar surface area (TPSA) is 0 Å². The molecule has 1 fully saturated rings. The maximum atomic E-state index is 2.42. The quantitative estimate of drug-likeness (QED) is 0.620. The average molecular weight is 200 g/mol. The van der Waals surface area contributed by atoms with E-state index in [1.807, 2.05) is 0 Å². The van der Waals surface area contributed by atoms with Crippen molar-refractivity contribution in [2.75, 3.05) is 0 Å². The molecule has 68 valence electrons. The van der Waals surface area contributed by atoms with Gasteiger partial charge in [0.25, 0.3) is 0 Å². The SMILES string of the molecule is C1=C(SSC2CCCC2)CCC1. The Balaban J connectivity index is 1.67. The third kappa shape index (κ3) is 2.46. The zero-order chi connectivity index (χ0) is 8.23. The van der Waals surface area contributed by atoms with Crippen LogP contribution in [0.5, 0.6) is 0 Å². The minimum atomic E-state index is 0.969. The van der Waals surface area contributed by atoms with E-state index >= 15 is 0 Å². The van der Waals surface area contributed by atoms with Crippen molar-refractivity contribution in [2.45, 2.75) is 50.2 Å². The molecule has 0 aliphatic heterocycles. The van der Waals surface area contributed by atoms with Crippen LogP contribution >= 0.6 is 21.6 Å². The van der Waals surface area contributed by atoms with Gasteiger partial charge in [-0.05, 0) is 37.0 Å². The molecule has 0 atom stereocenters. The third-order valence-electron chi connectivity index (χ3n) is 2.59. The largest absolute Gasteiger partial charge is 0.0859 e. The fourth-order valence-corrected chi connectivity index (χ4v) is 4.84. The monoisotopic (exact) mass is 200 g/mol. The lowest BCUT2D eigenvalue weighted by Gasteiger charge is -2.07. The van der Waals surface area contributed by atoms with Gasteiger partial charge in [0.15, 0.2) is 0 Å². The van der Waals surface area contributed by atoms with Gasteiger partial charge in [0.05, 0.1) is 0 Å². The molecule has 0 spiro atoms. The van der Waals surface area contributed by atoms with Gasteiger partial charge < -0.3 is 0 Å². The summed E-state index contributed by atoms with van der Waals surface area (Å²) in [6, 6.07) is 0. The van der Waals surface area contributed by atoms with Gasteiger partial charge in [-0.15, -0.1) is 0 Å². The Morgan fingerprint density at radius 1 is 1.17 bits per heavy atom. The van der Waals surface area contributed by atoms with Crippen LogP contribution in [0.25, 0.3) is 0 Å². The van der Waals surface area contributed by atoms with Crippen molar-refractivity contribution < 1.29 is 0 Å². The molecular weight excluding hydrogens is 184 g/mol. The molecule has 0 aromatic heterocycles. The summed E-state index contributed by atoms with van der Waals surface area (Å²) in [5.41, 5.74) is 0. The second-order valence-electron chi connectivity index (χ2n) is 3.65. The summed E-state index contributed by atoms with van der Waals surface area (Å²) in [5, 5.41) is 0.969. The predicted molar refractivity (Wildman–Crippen MR) is 59.4 cm³/mol. The van der Waals surface area contributed by atoms with E-state index in [0.29, 0.717) is 0 Å². The molecule has 0 amide bonds. The maximum Gasteiger partial charge on any atom is 0.0154 e. The van der Waals surface area contributed by atoms with Gasteiger partial charge in [0, 0.05) is 5.25 Å². The van der Waals surface area contributed by atoms with Crippen LogP contribution in [-0.4, -0.2) is 5.25 Å². The lowest BCUT2D eigenvalue weighted by Crippen LogP contribution is -1.89. The van der Waals surface area contributed by atoms with E-state index in [1.54, 1.807) is 4.91 Å². The van der Waals surface area contributed by atoms with Crippen LogP contribution < -0.4 is 0 Å². The van der Waals surface area contributed by atoms with Crippen LogP contribution in [0, 0.1) is 0 Å². The molecular formula is C10H16S2. The summed E-state index contributed by atoms with van der Waals surface area (Å²) in [5.74, 6) is 0. The molecule has 2 rings (SSSR count). The molecule has 2 aliphatic rings. The molecule has 2 aliphatic carbocycles. The number of allylic oxidation sites excluding steroid dienone is 2. The highest BCUT2D eigenvalue weighted by molar-refractivity contribution is 8.78. The fourth-order valence-electron chi connectivity index (χ4n) is 1.83. The first-order valence-corrected chi connectivity index (χ1v) is 7.19. The lowest BCUT2D eigenvalue weighted by molar-refractivity contribution is 0.886. The highest BCUT2D eigenvalue weighted by Crippen LogP contribution is 2.43. The number of hydrogen-bond acceptors (Lipinski definition) is 2. The molecule has 0 N–H and O–H groups in total. The van der Waals surface area contributed by atoms with Gasteiger partial charge in [0.1, 0.15) is 0 Å². The molecule has 12 heavy (non-hydrogen) atoms. The lowest BCUT2D eigenvalue weighted by atomic mass is 10.4. The van der Waals surface area contributed by atoms with Crippen LogP contribution in [0.3, 0.4) is 0 Å². The van der Waals surface area contributed by atoms with E-state index in [4.69, 9.17) is 0 Å². The first kappa shape index (κ1) is 9.01. The Kier molecular flexibility index (Phi) is 3.47. The molecule has 2 heteroatoms. The zero-order valence-corrected chi connectivity index (χ0v) is 9.05. The Hall–Kier alpha value is 0.440. The minimum absolute atomic E-state index is 0.969. The molecule has 0 radical (unpaired) electrons. The molecule has 0 unspecified atom stereocenters. The van der Waals surface area contributed by atoms with E-state index in [2.05, 4.69) is 27.7 Å². The summed E-state index contributed by atoms with van der Waals surface area (Å²) in [4.78, 5) is 1.65. The van der Waals surface area contributed by atoms with Crippen molar-refractivity contribution in [3.05, 3.63) is 11.0 Å². The second-order valence-corrected chi connectivity index (χ2v) is 6.28. The van der Waals surface area contributed by atoms with Gasteiger partial charge in [-0.1, -0.05) is 40.5 Å². The van der Waals surface area contributed by atoms with Crippen molar-refractivity contribution in [3.8, 4) is 0 Å². The number of rotatable bonds is 3. The first-order valence-electron chi connectivity index (χ1n) is 4.97. The summed E-state index contributed by atoms with van der Waals surface area (Å²) >= 11 is 0. The Labute approximate surface area is 83.0 Å². The van der Waals surface area contributed by atoms with E-state index in [1.165, 1.54) is 44.9 Å². The minimum Gasteiger partial charge on any atom is -0.0859 e. The Morgan fingerprint density at radius 2 is 2.00 bits per heavy atom. The van der Waals surface area contributed by atoms with Crippen molar-refractivity contribution in [1.82, 2.24) is 0 Å². The standard InChI is InChI=1S/C10H16S2/c1-2-6-9(5-1)11-12-10-7-3-4-8-10/h5,10H,1-4,6-8H2. The van der Waals surface area contributed by atoms with E-state index in [9.17, 15) is 0 Å². The van der Waals surface area contributed by atoms with Crippen LogP contribution in [0.1, 0.15) is 44.9 Å². The van der Waals surface area contributed by atoms with E-state index in [-0.39, 0.29) is 0 Å². The highest BCUT2D eigenvalue weighted by Gasteiger charge is 2.16.